The monoisotopic (exact) mass is 558 g/mol. The van der Waals surface area contributed by atoms with Gasteiger partial charge in [0, 0.05) is 23.6 Å². The molecule has 4 aliphatic rings. The highest BCUT2D eigenvalue weighted by Crippen LogP contribution is 2.64. The van der Waals surface area contributed by atoms with E-state index in [0.29, 0.717) is 11.8 Å². The third-order valence-corrected chi connectivity index (χ3v) is 21.1. The zero-order chi connectivity index (χ0) is 28.5. The maximum atomic E-state index is 7.46. The second-order valence-corrected chi connectivity index (χ2v) is 25.8. The van der Waals surface area contributed by atoms with Crippen LogP contribution in [-0.4, -0.2) is 41.6 Å². The Morgan fingerprint density at radius 3 is 2.08 bits per heavy atom. The van der Waals surface area contributed by atoms with Crippen LogP contribution in [0.1, 0.15) is 93.9 Å². The number of hydrazone groups is 1. The maximum absolute atomic E-state index is 7.46. The molecule has 2 unspecified atom stereocenters. The van der Waals surface area contributed by atoms with Crippen LogP contribution < -0.4 is 5.43 Å². The van der Waals surface area contributed by atoms with Gasteiger partial charge >= 0.3 is 0 Å². The molecule has 216 valence electrons. The molecule has 4 nitrogen and oxygen atoms in total. The molecule has 0 aliphatic heterocycles. The second-order valence-electron chi connectivity index (χ2n) is 16.3. The summed E-state index contributed by atoms with van der Waals surface area (Å²) in [5.41, 5.74) is 7.97. The van der Waals surface area contributed by atoms with E-state index in [1.807, 2.05) is 7.05 Å². The van der Waals surface area contributed by atoms with E-state index in [1.165, 1.54) is 25.0 Å². The minimum absolute atomic E-state index is 0.0388. The van der Waals surface area contributed by atoms with Gasteiger partial charge in [0.2, 0.25) is 0 Å². The quantitative estimate of drug-likeness (QED) is 0.271. The van der Waals surface area contributed by atoms with Crippen LogP contribution in [0.3, 0.4) is 0 Å². The Labute approximate surface area is 236 Å². The fourth-order valence-electron chi connectivity index (χ4n) is 7.51. The number of fused-ring (bicyclic) bond motifs is 5. The van der Waals surface area contributed by atoms with Crippen molar-refractivity contribution in [1.29, 1.82) is 0 Å². The smallest absolute Gasteiger partial charge is 0.192 e. The lowest BCUT2D eigenvalue weighted by molar-refractivity contribution is -0.0370. The van der Waals surface area contributed by atoms with Crippen molar-refractivity contribution >= 4 is 22.3 Å². The minimum Gasteiger partial charge on any atom is -0.414 e. The highest BCUT2D eigenvalue weighted by molar-refractivity contribution is 6.74. The molecular formula is C32H58N2O2Si2. The fraction of sp³-hybridized carbons (Fsp3) is 0.844. The molecule has 1 N–H and O–H groups in total. The molecule has 0 aromatic rings. The highest BCUT2D eigenvalue weighted by Gasteiger charge is 2.60. The maximum Gasteiger partial charge on any atom is 0.192 e. The third kappa shape index (κ3) is 4.88. The first-order valence-corrected chi connectivity index (χ1v) is 21.1. The van der Waals surface area contributed by atoms with E-state index in [-0.39, 0.29) is 33.1 Å². The van der Waals surface area contributed by atoms with Crippen LogP contribution in [0.25, 0.3) is 0 Å². The van der Waals surface area contributed by atoms with Crippen LogP contribution in [-0.2, 0) is 8.85 Å². The van der Waals surface area contributed by atoms with E-state index < -0.39 is 16.6 Å². The van der Waals surface area contributed by atoms with Crippen LogP contribution in [0.4, 0.5) is 0 Å². The van der Waals surface area contributed by atoms with Crippen molar-refractivity contribution in [3.63, 3.8) is 0 Å². The highest BCUT2D eigenvalue weighted by atomic mass is 28.4. The SMILES string of the molecule is CN/N=C1\CCC2C3=CC=C4C[C@@H](O[Si](C)(C)C(C)(C)C)C[C@H](O[Si](C)(C)C(C)(C)C)[C@]4(C)C3CC[C@]12C. The van der Waals surface area contributed by atoms with Crippen molar-refractivity contribution in [2.24, 2.45) is 27.8 Å². The summed E-state index contributed by atoms with van der Waals surface area (Å²) in [5, 5.41) is 5.15. The molecule has 6 atom stereocenters. The van der Waals surface area contributed by atoms with Gasteiger partial charge in [-0.05, 0) is 86.6 Å². The number of allylic oxidation sites excluding steroid dienone is 3. The molecule has 38 heavy (non-hydrogen) atoms. The Morgan fingerprint density at radius 2 is 1.50 bits per heavy atom. The van der Waals surface area contributed by atoms with Crippen LogP contribution in [0, 0.1) is 22.7 Å². The molecule has 3 fully saturated rings. The number of nitrogens with one attached hydrogen (secondary N) is 1. The van der Waals surface area contributed by atoms with E-state index in [1.54, 1.807) is 11.1 Å². The van der Waals surface area contributed by atoms with Gasteiger partial charge in [-0.2, -0.15) is 5.10 Å². The Balaban J connectivity index is 1.74. The first kappa shape index (κ1) is 30.3. The van der Waals surface area contributed by atoms with Crippen molar-refractivity contribution in [2.45, 2.75) is 142 Å². The van der Waals surface area contributed by atoms with Gasteiger partial charge < -0.3 is 14.3 Å². The average Bonchev–Trinajstić information content (AvgIpc) is 3.09. The van der Waals surface area contributed by atoms with Gasteiger partial charge in [-0.25, -0.2) is 0 Å². The Hall–Kier alpha value is -0.696. The summed E-state index contributed by atoms with van der Waals surface area (Å²) in [5.74, 6) is 1.15. The minimum atomic E-state index is -1.98. The molecule has 4 rings (SSSR count). The van der Waals surface area contributed by atoms with Crippen LogP contribution in [0.15, 0.2) is 28.4 Å². The van der Waals surface area contributed by atoms with Crippen molar-refractivity contribution in [3.8, 4) is 0 Å². The van der Waals surface area contributed by atoms with Gasteiger partial charge in [0.05, 0.1) is 12.2 Å². The molecule has 0 saturated heterocycles. The second kappa shape index (κ2) is 9.70. The van der Waals surface area contributed by atoms with E-state index in [0.717, 1.165) is 19.3 Å². The molecule has 0 amide bonds. The van der Waals surface area contributed by atoms with E-state index in [9.17, 15) is 0 Å². The predicted molar refractivity (Wildman–Crippen MR) is 168 cm³/mol. The van der Waals surface area contributed by atoms with Gasteiger partial charge in [-0.15, -0.1) is 0 Å². The number of nitrogens with zero attached hydrogens (tertiary/aromatic N) is 1. The number of hydrogen-bond donors (Lipinski definition) is 1. The summed E-state index contributed by atoms with van der Waals surface area (Å²) in [6, 6.07) is 0. The molecule has 0 bridgehead atoms. The summed E-state index contributed by atoms with van der Waals surface area (Å²) in [7, 11) is -1.92. The van der Waals surface area contributed by atoms with E-state index >= 15 is 0 Å². The van der Waals surface area contributed by atoms with E-state index in [2.05, 4.69) is 99.2 Å². The summed E-state index contributed by atoms with van der Waals surface area (Å²) >= 11 is 0. The molecule has 0 aromatic carbocycles. The fourth-order valence-corrected chi connectivity index (χ4v) is 10.3. The normalized spacial score (nSPS) is 37.2. The molecule has 0 spiro atoms. The zero-order valence-corrected chi connectivity index (χ0v) is 29.0. The molecule has 0 heterocycles. The lowest BCUT2D eigenvalue weighted by atomic mass is 9.50. The van der Waals surface area contributed by atoms with Gasteiger partial charge in [-0.3, -0.25) is 0 Å². The summed E-state index contributed by atoms with van der Waals surface area (Å²) in [4.78, 5) is 0. The third-order valence-electron chi connectivity index (χ3n) is 12.1. The molecule has 0 radical (unpaired) electrons. The van der Waals surface area contributed by atoms with Crippen molar-refractivity contribution in [2.75, 3.05) is 7.05 Å². The van der Waals surface area contributed by atoms with Gasteiger partial charge in [0.15, 0.2) is 16.6 Å². The molecule has 6 heteroatoms. The summed E-state index contributed by atoms with van der Waals surface area (Å²) < 4.78 is 14.6. The standard InChI is InChI=1S/C32H58N2O2Si2/c1-29(2,3)37(10,11)35-23-20-22-14-15-24-25-16-17-27(34-33-9)31(25,7)19-18-26(24)32(22,8)28(21-23)36-38(12,13)30(4,5)6/h14-15,23,25-26,28,33H,16-21H2,1-13H3/b34-27+/t23-,25?,26?,28+,31+,32+/m1/s1. The lowest BCUT2D eigenvalue weighted by Gasteiger charge is -2.59. The average molecular weight is 559 g/mol. The van der Waals surface area contributed by atoms with Crippen molar-refractivity contribution in [3.05, 3.63) is 23.3 Å². The zero-order valence-electron chi connectivity index (χ0n) is 27.0. The Bertz CT molecular complexity index is 1020. The number of rotatable bonds is 5. The van der Waals surface area contributed by atoms with Crippen LogP contribution in [0.2, 0.25) is 36.3 Å². The van der Waals surface area contributed by atoms with Gasteiger partial charge in [0.25, 0.3) is 0 Å². The summed E-state index contributed by atoms with van der Waals surface area (Å²) in [6.45, 7) is 28.9. The van der Waals surface area contributed by atoms with Crippen molar-refractivity contribution < 1.29 is 8.85 Å². The van der Waals surface area contributed by atoms with Crippen LogP contribution in [0.5, 0.6) is 0 Å². The summed E-state index contributed by atoms with van der Waals surface area (Å²) in [6.07, 6.45) is 12.3. The van der Waals surface area contributed by atoms with Crippen LogP contribution >= 0.6 is 0 Å². The van der Waals surface area contributed by atoms with Gasteiger partial charge in [0.1, 0.15) is 0 Å². The Kier molecular flexibility index (Phi) is 7.72. The lowest BCUT2D eigenvalue weighted by Crippen LogP contribution is -2.58. The predicted octanol–water partition coefficient (Wildman–Crippen LogP) is 8.84. The van der Waals surface area contributed by atoms with E-state index in [4.69, 9.17) is 14.0 Å². The molecular weight excluding hydrogens is 501 g/mol. The first-order chi connectivity index (χ1) is 17.3. The molecule has 3 saturated carbocycles. The van der Waals surface area contributed by atoms with Gasteiger partial charge in [-0.1, -0.05) is 78.7 Å². The molecule has 4 aliphatic carbocycles. The largest absolute Gasteiger partial charge is 0.414 e. The Morgan fingerprint density at radius 1 is 0.895 bits per heavy atom. The first-order valence-electron chi connectivity index (χ1n) is 15.3. The topological polar surface area (TPSA) is 42.9 Å². The number of hydrogen-bond acceptors (Lipinski definition) is 4. The van der Waals surface area contributed by atoms with Crippen molar-refractivity contribution in [1.82, 2.24) is 5.43 Å². The molecule has 0 aromatic heterocycles.